The summed E-state index contributed by atoms with van der Waals surface area (Å²) >= 11 is 0. The highest BCUT2D eigenvalue weighted by atomic mass is 16.3. The van der Waals surface area contributed by atoms with Crippen LogP contribution in [0.4, 0.5) is 0 Å². The van der Waals surface area contributed by atoms with Gasteiger partial charge < -0.3 is 5.11 Å². The lowest BCUT2D eigenvalue weighted by molar-refractivity contribution is 0.215. The molecule has 0 aliphatic carbocycles. The van der Waals surface area contributed by atoms with Gasteiger partial charge in [0.05, 0.1) is 0 Å². The Kier molecular flexibility index (Phi) is 3.81. The molecule has 1 aromatic carbocycles. The lowest BCUT2D eigenvalue weighted by atomic mass is 9.94. The number of aromatic nitrogens is 1. The van der Waals surface area contributed by atoms with Gasteiger partial charge in [0, 0.05) is 18.4 Å². The molecule has 1 unspecified atom stereocenters. The average molecular weight is 268 g/mol. The number of pyridine rings is 1. The van der Waals surface area contributed by atoms with E-state index in [-0.39, 0.29) is 0 Å². The predicted octanol–water partition coefficient (Wildman–Crippen LogP) is 2.93. The van der Waals surface area contributed by atoms with E-state index in [1.54, 1.807) is 6.20 Å². The summed E-state index contributed by atoms with van der Waals surface area (Å²) in [7, 11) is 2.14. The van der Waals surface area contributed by atoms with Gasteiger partial charge in [-0.05, 0) is 49.2 Å². The molecule has 1 aliphatic rings. The van der Waals surface area contributed by atoms with Crippen LogP contribution in [-0.4, -0.2) is 28.6 Å². The van der Waals surface area contributed by atoms with Gasteiger partial charge in [-0.25, -0.2) is 0 Å². The second kappa shape index (κ2) is 5.73. The number of aliphatic hydroxyl groups is 1. The molecule has 2 heterocycles. The third-order valence-electron chi connectivity index (χ3n) is 4.18. The molecule has 1 N–H and O–H groups in total. The summed E-state index contributed by atoms with van der Waals surface area (Å²) in [4.78, 5) is 6.61. The standard InChI is InChI=1S/C17H20N2O/c1-19-11-5-8-16(19)15-12-18-10-9-14(15)17(20)13-6-3-2-4-7-13/h2-4,6-7,9-10,12,16-17,20H,5,8,11H2,1H3/t16-,17?/m0/s1. The summed E-state index contributed by atoms with van der Waals surface area (Å²) in [6, 6.07) is 12.1. The number of nitrogens with zero attached hydrogens (tertiary/aromatic N) is 2. The number of hydrogen-bond donors (Lipinski definition) is 1. The van der Waals surface area contributed by atoms with Gasteiger partial charge >= 0.3 is 0 Å². The molecule has 2 atom stereocenters. The fraction of sp³-hybridized carbons (Fsp3) is 0.353. The Balaban J connectivity index is 1.97. The molecule has 3 heteroatoms. The van der Waals surface area contributed by atoms with Crippen LogP contribution < -0.4 is 0 Å². The van der Waals surface area contributed by atoms with Crippen molar-refractivity contribution in [1.82, 2.24) is 9.88 Å². The van der Waals surface area contributed by atoms with Crippen molar-refractivity contribution in [2.24, 2.45) is 0 Å². The third kappa shape index (κ3) is 2.47. The summed E-state index contributed by atoms with van der Waals surface area (Å²) in [6.45, 7) is 1.11. The van der Waals surface area contributed by atoms with Gasteiger partial charge in [0.15, 0.2) is 0 Å². The maximum atomic E-state index is 10.7. The number of benzene rings is 1. The van der Waals surface area contributed by atoms with Crippen LogP contribution in [0.5, 0.6) is 0 Å². The van der Waals surface area contributed by atoms with Gasteiger partial charge in [-0.3, -0.25) is 9.88 Å². The number of hydrogen-bond acceptors (Lipinski definition) is 3. The van der Waals surface area contributed by atoms with Crippen molar-refractivity contribution in [1.29, 1.82) is 0 Å². The van der Waals surface area contributed by atoms with Gasteiger partial charge in [0.1, 0.15) is 6.10 Å². The smallest absolute Gasteiger partial charge is 0.104 e. The van der Waals surface area contributed by atoms with E-state index in [0.29, 0.717) is 6.04 Å². The third-order valence-corrected chi connectivity index (χ3v) is 4.18. The highest BCUT2D eigenvalue weighted by Gasteiger charge is 2.27. The number of likely N-dealkylation sites (tertiary alicyclic amines) is 1. The van der Waals surface area contributed by atoms with Gasteiger partial charge in [-0.2, -0.15) is 0 Å². The lowest BCUT2D eigenvalue weighted by Gasteiger charge is -2.24. The molecular weight excluding hydrogens is 248 g/mol. The first-order valence-corrected chi connectivity index (χ1v) is 7.14. The van der Waals surface area contributed by atoms with Crippen LogP contribution in [0, 0.1) is 0 Å². The van der Waals surface area contributed by atoms with E-state index in [2.05, 4.69) is 16.9 Å². The van der Waals surface area contributed by atoms with Crippen LogP contribution in [0.15, 0.2) is 48.8 Å². The minimum atomic E-state index is -0.580. The van der Waals surface area contributed by atoms with Crippen molar-refractivity contribution in [3.8, 4) is 0 Å². The van der Waals surface area contributed by atoms with E-state index in [0.717, 1.165) is 29.7 Å². The minimum absolute atomic E-state index is 0.372. The Morgan fingerprint density at radius 2 is 2.05 bits per heavy atom. The summed E-state index contributed by atoms with van der Waals surface area (Å²) in [6.07, 6.45) is 5.44. The van der Waals surface area contributed by atoms with Crippen molar-refractivity contribution < 1.29 is 5.11 Å². The van der Waals surface area contributed by atoms with Crippen LogP contribution >= 0.6 is 0 Å². The second-order valence-corrected chi connectivity index (χ2v) is 5.46. The van der Waals surface area contributed by atoms with Crippen LogP contribution in [0.1, 0.15) is 41.7 Å². The van der Waals surface area contributed by atoms with Crippen LogP contribution in [0.25, 0.3) is 0 Å². The molecule has 1 saturated heterocycles. The highest BCUT2D eigenvalue weighted by Crippen LogP contribution is 2.35. The molecule has 0 amide bonds. The summed E-state index contributed by atoms with van der Waals surface area (Å²) < 4.78 is 0. The predicted molar refractivity (Wildman–Crippen MR) is 79.3 cm³/mol. The van der Waals surface area contributed by atoms with E-state index < -0.39 is 6.10 Å². The fourth-order valence-corrected chi connectivity index (χ4v) is 3.06. The van der Waals surface area contributed by atoms with Crippen LogP contribution in [0.2, 0.25) is 0 Å². The molecular formula is C17H20N2O. The molecule has 1 fully saturated rings. The largest absolute Gasteiger partial charge is 0.384 e. The van der Waals surface area contributed by atoms with Gasteiger partial charge in [0.25, 0.3) is 0 Å². The molecule has 3 nitrogen and oxygen atoms in total. The molecule has 0 spiro atoms. The normalized spacial score (nSPS) is 21.0. The molecule has 20 heavy (non-hydrogen) atoms. The molecule has 0 bridgehead atoms. The van der Waals surface area contributed by atoms with Gasteiger partial charge in [-0.1, -0.05) is 30.3 Å². The molecule has 1 aromatic heterocycles. The van der Waals surface area contributed by atoms with E-state index in [1.807, 2.05) is 42.6 Å². The first kappa shape index (κ1) is 13.3. The Morgan fingerprint density at radius 1 is 1.25 bits per heavy atom. The molecule has 2 aromatic rings. The second-order valence-electron chi connectivity index (χ2n) is 5.46. The van der Waals surface area contributed by atoms with E-state index in [1.165, 1.54) is 6.42 Å². The van der Waals surface area contributed by atoms with E-state index in [4.69, 9.17) is 0 Å². The highest BCUT2D eigenvalue weighted by molar-refractivity contribution is 5.36. The SMILES string of the molecule is CN1CCC[C@H]1c1cnccc1C(O)c1ccccc1. The molecule has 104 valence electrons. The number of aliphatic hydroxyl groups excluding tert-OH is 1. The van der Waals surface area contributed by atoms with Crippen molar-refractivity contribution in [3.05, 3.63) is 65.5 Å². The van der Waals surface area contributed by atoms with Crippen LogP contribution in [-0.2, 0) is 0 Å². The zero-order valence-electron chi connectivity index (χ0n) is 11.7. The topological polar surface area (TPSA) is 36.4 Å². The van der Waals surface area contributed by atoms with Gasteiger partial charge in [0.2, 0.25) is 0 Å². The number of rotatable bonds is 3. The first-order valence-electron chi connectivity index (χ1n) is 7.14. The van der Waals surface area contributed by atoms with Crippen LogP contribution in [0.3, 0.4) is 0 Å². The zero-order valence-corrected chi connectivity index (χ0v) is 11.7. The quantitative estimate of drug-likeness (QED) is 0.930. The Labute approximate surface area is 119 Å². The minimum Gasteiger partial charge on any atom is -0.384 e. The van der Waals surface area contributed by atoms with Crippen molar-refractivity contribution in [3.63, 3.8) is 0 Å². The van der Waals surface area contributed by atoms with Crippen molar-refractivity contribution in [2.45, 2.75) is 25.0 Å². The Bertz CT molecular complexity index is 570. The zero-order chi connectivity index (χ0) is 13.9. The molecule has 3 rings (SSSR count). The monoisotopic (exact) mass is 268 g/mol. The summed E-state index contributed by atoms with van der Waals surface area (Å²) in [5, 5.41) is 10.7. The Hall–Kier alpha value is -1.71. The van der Waals surface area contributed by atoms with E-state index >= 15 is 0 Å². The van der Waals surface area contributed by atoms with Gasteiger partial charge in [-0.15, -0.1) is 0 Å². The average Bonchev–Trinajstić information content (AvgIpc) is 2.93. The summed E-state index contributed by atoms with van der Waals surface area (Å²) in [5.74, 6) is 0. The lowest BCUT2D eigenvalue weighted by Crippen LogP contribution is -2.20. The maximum Gasteiger partial charge on any atom is 0.104 e. The van der Waals surface area contributed by atoms with Crippen molar-refractivity contribution >= 4 is 0 Å². The van der Waals surface area contributed by atoms with E-state index in [9.17, 15) is 5.11 Å². The van der Waals surface area contributed by atoms with Crippen molar-refractivity contribution in [2.75, 3.05) is 13.6 Å². The first-order chi connectivity index (χ1) is 9.77. The molecule has 0 saturated carbocycles. The fourth-order valence-electron chi connectivity index (χ4n) is 3.06. The summed E-state index contributed by atoms with van der Waals surface area (Å²) in [5.41, 5.74) is 3.06. The molecule has 1 aliphatic heterocycles. The maximum absolute atomic E-state index is 10.7. The molecule has 0 radical (unpaired) electrons. The Morgan fingerprint density at radius 3 is 2.75 bits per heavy atom.